The third-order valence-corrected chi connectivity index (χ3v) is 5.35. The SMILES string of the molecule is Cc1ccc2c(c1)N(S(=O)(=O)c1cc(C(=O)O)ccn1)CC(C)O2. The van der Waals surface area contributed by atoms with Crippen LogP contribution >= 0.6 is 0 Å². The lowest BCUT2D eigenvalue weighted by atomic mass is 10.2. The Morgan fingerprint density at radius 2 is 2.08 bits per heavy atom. The molecular weight excluding hydrogens is 332 g/mol. The summed E-state index contributed by atoms with van der Waals surface area (Å²) in [5.41, 5.74) is 1.18. The molecule has 0 amide bonds. The second-order valence-electron chi connectivity index (χ2n) is 5.62. The van der Waals surface area contributed by atoms with Gasteiger partial charge >= 0.3 is 5.97 Å². The number of aromatic carboxylic acids is 1. The lowest BCUT2D eigenvalue weighted by Gasteiger charge is -2.34. The van der Waals surface area contributed by atoms with Crippen LogP contribution in [0.1, 0.15) is 22.8 Å². The molecule has 0 spiro atoms. The lowest BCUT2D eigenvalue weighted by molar-refractivity contribution is 0.0696. The van der Waals surface area contributed by atoms with Gasteiger partial charge in [0.2, 0.25) is 0 Å². The van der Waals surface area contributed by atoms with Crippen LogP contribution in [0.5, 0.6) is 5.75 Å². The van der Waals surface area contributed by atoms with Crippen molar-refractivity contribution < 1.29 is 23.1 Å². The molecule has 0 fully saturated rings. The number of hydrogen-bond donors (Lipinski definition) is 1. The van der Waals surface area contributed by atoms with E-state index in [1.54, 1.807) is 19.1 Å². The Morgan fingerprint density at radius 3 is 2.79 bits per heavy atom. The number of aryl methyl sites for hydroxylation is 1. The Hall–Kier alpha value is -2.61. The fourth-order valence-corrected chi connectivity index (χ4v) is 4.04. The number of carboxylic acid groups (broad SMARTS) is 1. The Kier molecular flexibility index (Phi) is 3.92. The molecule has 3 rings (SSSR count). The van der Waals surface area contributed by atoms with Gasteiger partial charge < -0.3 is 9.84 Å². The van der Waals surface area contributed by atoms with Crippen molar-refractivity contribution in [3.63, 3.8) is 0 Å². The molecule has 2 heterocycles. The van der Waals surface area contributed by atoms with Gasteiger partial charge in [-0.05, 0) is 43.7 Å². The second-order valence-corrected chi connectivity index (χ2v) is 7.43. The smallest absolute Gasteiger partial charge is 0.335 e. The molecule has 24 heavy (non-hydrogen) atoms. The predicted molar refractivity (Wildman–Crippen MR) is 87.0 cm³/mol. The van der Waals surface area contributed by atoms with Crippen LogP contribution < -0.4 is 9.04 Å². The van der Waals surface area contributed by atoms with E-state index in [9.17, 15) is 13.2 Å². The van der Waals surface area contributed by atoms with Gasteiger partial charge in [0.15, 0.2) is 5.03 Å². The molecule has 1 aromatic carbocycles. The number of rotatable bonds is 3. The van der Waals surface area contributed by atoms with Crippen LogP contribution in [0.25, 0.3) is 0 Å². The average molecular weight is 348 g/mol. The monoisotopic (exact) mass is 348 g/mol. The van der Waals surface area contributed by atoms with Gasteiger partial charge in [0, 0.05) is 6.20 Å². The summed E-state index contributed by atoms with van der Waals surface area (Å²) in [5.74, 6) is -0.738. The molecule has 0 bridgehead atoms. The summed E-state index contributed by atoms with van der Waals surface area (Å²) in [6, 6.07) is 7.60. The quantitative estimate of drug-likeness (QED) is 0.912. The molecule has 1 unspecified atom stereocenters. The number of carbonyl (C=O) groups is 1. The van der Waals surface area contributed by atoms with E-state index in [2.05, 4.69) is 4.98 Å². The van der Waals surface area contributed by atoms with E-state index in [0.29, 0.717) is 11.4 Å². The Bertz CT molecular complexity index is 910. The van der Waals surface area contributed by atoms with Crippen LogP contribution in [-0.2, 0) is 10.0 Å². The fraction of sp³-hybridized carbons (Fsp3) is 0.250. The van der Waals surface area contributed by atoms with Crippen LogP contribution in [0.3, 0.4) is 0 Å². The highest BCUT2D eigenvalue weighted by molar-refractivity contribution is 7.92. The van der Waals surface area contributed by atoms with E-state index in [4.69, 9.17) is 9.84 Å². The van der Waals surface area contributed by atoms with Gasteiger partial charge in [-0.15, -0.1) is 0 Å². The van der Waals surface area contributed by atoms with Crippen molar-refractivity contribution in [3.05, 3.63) is 47.7 Å². The number of pyridine rings is 1. The van der Waals surface area contributed by atoms with Gasteiger partial charge in [0.05, 0.1) is 17.8 Å². The highest BCUT2D eigenvalue weighted by atomic mass is 32.2. The fourth-order valence-electron chi connectivity index (χ4n) is 2.53. The summed E-state index contributed by atoms with van der Waals surface area (Å²) in [6.45, 7) is 3.75. The maximum Gasteiger partial charge on any atom is 0.335 e. The molecule has 1 aromatic heterocycles. The summed E-state index contributed by atoms with van der Waals surface area (Å²) < 4.78 is 32.9. The van der Waals surface area contributed by atoms with Crippen molar-refractivity contribution in [2.75, 3.05) is 10.8 Å². The highest BCUT2D eigenvalue weighted by Gasteiger charge is 2.34. The first-order valence-electron chi connectivity index (χ1n) is 7.28. The maximum absolute atomic E-state index is 13.0. The minimum absolute atomic E-state index is 0.123. The van der Waals surface area contributed by atoms with Crippen LogP contribution in [0.15, 0.2) is 41.6 Å². The molecule has 1 N–H and O–H groups in total. The van der Waals surface area contributed by atoms with Gasteiger partial charge in [0.1, 0.15) is 11.9 Å². The van der Waals surface area contributed by atoms with Gasteiger partial charge in [-0.3, -0.25) is 4.31 Å². The Labute approximate surface area is 139 Å². The van der Waals surface area contributed by atoms with Crippen molar-refractivity contribution in [1.82, 2.24) is 4.98 Å². The Morgan fingerprint density at radius 1 is 1.33 bits per heavy atom. The molecule has 0 aliphatic carbocycles. The van der Waals surface area contributed by atoms with E-state index in [0.717, 1.165) is 11.6 Å². The summed E-state index contributed by atoms with van der Waals surface area (Å²) in [6.07, 6.45) is 0.842. The zero-order valence-corrected chi connectivity index (χ0v) is 13.9. The number of benzene rings is 1. The van der Waals surface area contributed by atoms with Crippen LogP contribution in [0, 0.1) is 6.92 Å². The molecule has 1 aliphatic rings. The molecular formula is C16H16N2O5S. The van der Waals surface area contributed by atoms with Crippen LogP contribution in [-0.4, -0.2) is 37.1 Å². The average Bonchev–Trinajstić information content (AvgIpc) is 2.54. The van der Waals surface area contributed by atoms with Crippen molar-refractivity contribution in [2.45, 2.75) is 25.0 Å². The van der Waals surface area contributed by atoms with Crippen molar-refractivity contribution >= 4 is 21.7 Å². The normalized spacial score (nSPS) is 17.1. The van der Waals surface area contributed by atoms with Gasteiger partial charge in [-0.2, -0.15) is 8.42 Å². The van der Waals surface area contributed by atoms with E-state index in [1.807, 2.05) is 13.0 Å². The maximum atomic E-state index is 13.0. The Balaban J connectivity index is 2.12. The zero-order chi connectivity index (χ0) is 17.5. The van der Waals surface area contributed by atoms with Gasteiger partial charge in [-0.1, -0.05) is 6.07 Å². The summed E-state index contributed by atoms with van der Waals surface area (Å²) in [5, 5.41) is 8.76. The van der Waals surface area contributed by atoms with Crippen molar-refractivity contribution in [1.29, 1.82) is 0 Å². The van der Waals surface area contributed by atoms with Gasteiger partial charge in [0.25, 0.3) is 10.0 Å². The van der Waals surface area contributed by atoms with Crippen LogP contribution in [0.2, 0.25) is 0 Å². The standard InChI is InChI=1S/C16H16N2O5S/c1-10-3-4-14-13(7-10)18(9-11(2)23-14)24(21,22)15-8-12(16(19)20)5-6-17-15/h3-8,11H,9H2,1-2H3,(H,19,20). The minimum Gasteiger partial charge on any atom is -0.487 e. The first-order chi connectivity index (χ1) is 11.3. The highest BCUT2D eigenvalue weighted by Crippen LogP contribution is 2.37. The first kappa shape index (κ1) is 16.3. The number of carboxylic acids is 1. The first-order valence-corrected chi connectivity index (χ1v) is 8.72. The van der Waals surface area contributed by atoms with Gasteiger partial charge in [-0.25, -0.2) is 9.78 Å². The number of anilines is 1. The topological polar surface area (TPSA) is 96.8 Å². The third kappa shape index (κ3) is 2.80. The molecule has 126 valence electrons. The third-order valence-electron chi connectivity index (χ3n) is 3.67. The molecule has 0 radical (unpaired) electrons. The van der Waals surface area contributed by atoms with E-state index < -0.39 is 16.0 Å². The number of aromatic nitrogens is 1. The van der Waals surface area contributed by atoms with Crippen molar-refractivity contribution in [2.24, 2.45) is 0 Å². The number of fused-ring (bicyclic) bond motifs is 1. The summed E-state index contributed by atoms with van der Waals surface area (Å²) >= 11 is 0. The van der Waals surface area contributed by atoms with Crippen molar-refractivity contribution in [3.8, 4) is 5.75 Å². The van der Waals surface area contributed by atoms with E-state index >= 15 is 0 Å². The number of nitrogens with zero attached hydrogens (tertiary/aromatic N) is 2. The summed E-state index contributed by atoms with van der Waals surface area (Å²) in [4.78, 5) is 15.0. The zero-order valence-electron chi connectivity index (χ0n) is 13.1. The van der Waals surface area contributed by atoms with E-state index in [1.165, 1.54) is 16.6 Å². The number of hydrogen-bond acceptors (Lipinski definition) is 5. The molecule has 0 saturated carbocycles. The molecule has 8 heteroatoms. The van der Waals surface area contributed by atoms with Crippen LogP contribution in [0.4, 0.5) is 5.69 Å². The molecule has 1 atom stereocenters. The second kappa shape index (κ2) is 5.79. The largest absolute Gasteiger partial charge is 0.487 e. The molecule has 2 aromatic rings. The number of ether oxygens (including phenoxy) is 1. The van der Waals surface area contributed by atoms with E-state index in [-0.39, 0.29) is 23.2 Å². The number of sulfonamides is 1. The summed E-state index contributed by atoms with van der Waals surface area (Å²) in [7, 11) is -4.00. The lowest BCUT2D eigenvalue weighted by Crippen LogP contribution is -2.42. The minimum atomic E-state index is -4.00. The predicted octanol–water partition coefficient (Wildman–Crippen LogP) is 2.06. The molecule has 1 aliphatic heterocycles. The molecule has 0 saturated heterocycles. The molecule has 7 nitrogen and oxygen atoms in total.